The van der Waals surface area contributed by atoms with E-state index in [4.69, 9.17) is 4.74 Å². The zero-order valence-electron chi connectivity index (χ0n) is 7.20. The molecule has 0 saturated heterocycles. The first kappa shape index (κ1) is 9.03. The maximum absolute atomic E-state index is 10.9. The van der Waals surface area contributed by atoms with E-state index < -0.39 is 0 Å². The molecule has 1 aliphatic rings. The zero-order valence-corrected chi connectivity index (χ0v) is 7.20. The second-order valence-corrected chi connectivity index (χ2v) is 2.92. The molecule has 0 bridgehead atoms. The Hall–Kier alpha value is -1.06. The predicted molar refractivity (Wildman–Crippen MR) is 40.3 cm³/mol. The average Bonchev–Trinajstić information content (AvgIpc) is 1.94. The van der Waals surface area contributed by atoms with Gasteiger partial charge in [-0.1, -0.05) is 0 Å². The van der Waals surface area contributed by atoms with E-state index in [9.17, 15) is 9.59 Å². The SMILES string of the molecule is COC(=O)[C@H]1C[C@@H](OC(C)=O)C1. The zero-order chi connectivity index (χ0) is 9.14. The molecule has 12 heavy (non-hydrogen) atoms. The molecule has 0 aliphatic heterocycles. The highest BCUT2D eigenvalue weighted by Gasteiger charge is 2.37. The lowest BCUT2D eigenvalue weighted by Crippen LogP contribution is -2.37. The monoisotopic (exact) mass is 172 g/mol. The van der Waals surface area contributed by atoms with Crippen molar-refractivity contribution in [1.82, 2.24) is 0 Å². The summed E-state index contributed by atoms with van der Waals surface area (Å²) in [5, 5.41) is 0. The minimum Gasteiger partial charge on any atom is -0.469 e. The topological polar surface area (TPSA) is 52.6 Å². The summed E-state index contributed by atoms with van der Waals surface area (Å²) in [4.78, 5) is 21.3. The van der Waals surface area contributed by atoms with Crippen LogP contribution in [0.3, 0.4) is 0 Å². The first-order chi connectivity index (χ1) is 5.63. The van der Waals surface area contributed by atoms with E-state index in [1.54, 1.807) is 0 Å². The van der Waals surface area contributed by atoms with Crippen molar-refractivity contribution >= 4 is 11.9 Å². The Morgan fingerprint density at radius 2 is 1.92 bits per heavy atom. The molecule has 0 aromatic carbocycles. The Bertz CT molecular complexity index is 193. The molecule has 1 fully saturated rings. The highest BCUT2D eigenvalue weighted by molar-refractivity contribution is 5.74. The first-order valence-corrected chi connectivity index (χ1v) is 3.88. The van der Waals surface area contributed by atoms with Crippen molar-refractivity contribution in [2.75, 3.05) is 7.11 Å². The van der Waals surface area contributed by atoms with E-state index in [1.807, 2.05) is 0 Å². The molecular weight excluding hydrogens is 160 g/mol. The lowest BCUT2D eigenvalue weighted by atomic mass is 9.82. The lowest BCUT2D eigenvalue weighted by molar-refractivity contribution is -0.164. The van der Waals surface area contributed by atoms with Crippen LogP contribution in [0.5, 0.6) is 0 Å². The van der Waals surface area contributed by atoms with Gasteiger partial charge in [0.05, 0.1) is 13.0 Å². The maximum Gasteiger partial charge on any atom is 0.308 e. The van der Waals surface area contributed by atoms with Crippen molar-refractivity contribution in [3.8, 4) is 0 Å². The molecule has 0 aromatic heterocycles. The molecule has 0 amide bonds. The number of hydrogen-bond donors (Lipinski definition) is 0. The quantitative estimate of drug-likeness (QED) is 0.569. The number of ether oxygens (including phenoxy) is 2. The minimum absolute atomic E-state index is 0.0700. The van der Waals surface area contributed by atoms with Gasteiger partial charge in [0, 0.05) is 6.92 Å². The summed E-state index contributed by atoms with van der Waals surface area (Å²) in [6, 6.07) is 0. The normalized spacial score (nSPS) is 27.2. The molecule has 1 saturated carbocycles. The van der Waals surface area contributed by atoms with E-state index in [0.29, 0.717) is 12.8 Å². The summed E-state index contributed by atoms with van der Waals surface area (Å²) >= 11 is 0. The highest BCUT2D eigenvalue weighted by atomic mass is 16.5. The van der Waals surface area contributed by atoms with Crippen LogP contribution in [-0.2, 0) is 19.1 Å². The Balaban J connectivity index is 2.20. The highest BCUT2D eigenvalue weighted by Crippen LogP contribution is 2.30. The van der Waals surface area contributed by atoms with Gasteiger partial charge in [-0.25, -0.2) is 0 Å². The van der Waals surface area contributed by atoms with Gasteiger partial charge in [0.25, 0.3) is 0 Å². The summed E-state index contributed by atoms with van der Waals surface area (Å²) in [5.41, 5.74) is 0. The van der Waals surface area contributed by atoms with Gasteiger partial charge in [0.2, 0.25) is 0 Å². The third-order valence-corrected chi connectivity index (χ3v) is 1.96. The number of carbonyl (C=O) groups is 2. The fourth-order valence-corrected chi connectivity index (χ4v) is 1.26. The van der Waals surface area contributed by atoms with Gasteiger partial charge in [-0.15, -0.1) is 0 Å². The number of hydrogen-bond acceptors (Lipinski definition) is 4. The standard InChI is InChI=1S/C8H12O4/c1-5(9)12-7-3-6(4-7)8(10)11-2/h6-7H,3-4H2,1-2H3/t6-,7+. The van der Waals surface area contributed by atoms with Crippen molar-refractivity contribution < 1.29 is 19.1 Å². The van der Waals surface area contributed by atoms with Crippen LogP contribution in [-0.4, -0.2) is 25.2 Å². The third kappa shape index (κ3) is 1.96. The Morgan fingerprint density at radius 1 is 1.33 bits per heavy atom. The Kier molecular flexibility index (Phi) is 2.68. The molecule has 0 spiro atoms. The number of rotatable bonds is 2. The number of carbonyl (C=O) groups excluding carboxylic acids is 2. The van der Waals surface area contributed by atoms with Crippen LogP contribution >= 0.6 is 0 Å². The number of esters is 2. The van der Waals surface area contributed by atoms with Crippen LogP contribution in [0.4, 0.5) is 0 Å². The Labute approximate surface area is 70.8 Å². The number of methoxy groups -OCH3 is 1. The molecular formula is C8H12O4. The molecule has 4 heteroatoms. The van der Waals surface area contributed by atoms with Gasteiger partial charge in [-0.05, 0) is 12.8 Å². The molecule has 4 nitrogen and oxygen atoms in total. The fraction of sp³-hybridized carbons (Fsp3) is 0.750. The summed E-state index contributed by atoms with van der Waals surface area (Å²) in [6.45, 7) is 1.37. The third-order valence-electron chi connectivity index (χ3n) is 1.96. The van der Waals surface area contributed by atoms with Crippen molar-refractivity contribution in [3.05, 3.63) is 0 Å². The second kappa shape index (κ2) is 3.56. The first-order valence-electron chi connectivity index (χ1n) is 3.88. The van der Waals surface area contributed by atoms with Gasteiger partial charge < -0.3 is 9.47 Å². The summed E-state index contributed by atoms with van der Waals surface area (Å²) in [7, 11) is 1.36. The minimum atomic E-state index is -0.289. The van der Waals surface area contributed by atoms with Crippen LogP contribution < -0.4 is 0 Å². The van der Waals surface area contributed by atoms with Gasteiger partial charge in [-0.2, -0.15) is 0 Å². The lowest BCUT2D eigenvalue weighted by Gasteiger charge is -2.32. The molecule has 0 unspecified atom stereocenters. The molecule has 1 aliphatic carbocycles. The summed E-state index contributed by atoms with van der Waals surface area (Å²) in [5.74, 6) is -0.568. The molecule has 0 heterocycles. The van der Waals surface area contributed by atoms with E-state index in [1.165, 1.54) is 14.0 Å². The van der Waals surface area contributed by atoms with Crippen LogP contribution in [0.15, 0.2) is 0 Å². The van der Waals surface area contributed by atoms with Crippen LogP contribution in [0.1, 0.15) is 19.8 Å². The smallest absolute Gasteiger partial charge is 0.308 e. The molecule has 0 aromatic rings. The van der Waals surface area contributed by atoms with E-state index in [0.717, 1.165) is 0 Å². The van der Waals surface area contributed by atoms with Gasteiger partial charge in [0.15, 0.2) is 0 Å². The summed E-state index contributed by atoms with van der Waals surface area (Å²) in [6.07, 6.45) is 1.13. The van der Waals surface area contributed by atoms with Crippen LogP contribution in [0.2, 0.25) is 0 Å². The second-order valence-electron chi connectivity index (χ2n) is 2.92. The van der Waals surface area contributed by atoms with Crippen molar-refractivity contribution in [2.24, 2.45) is 5.92 Å². The van der Waals surface area contributed by atoms with Gasteiger partial charge in [0.1, 0.15) is 6.10 Å². The van der Waals surface area contributed by atoms with Crippen molar-refractivity contribution in [3.63, 3.8) is 0 Å². The molecule has 0 N–H and O–H groups in total. The largest absolute Gasteiger partial charge is 0.469 e. The average molecular weight is 172 g/mol. The summed E-state index contributed by atoms with van der Waals surface area (Å²) < 4.78 is 9.39. The molecule has 0 radical (unpaired) electrons. The van der Waals surface area contributed by atoms with Gasteiger partial charge >= 0.3 is 11.9 Å². The van der Waals surface area contributed by atoms with Gasteiger partial charge in [-0.3, -0.25) is 9.59 Å². The van der Waals surface area contributed by atoms with Crippen molar-refractivity contribution in [1.29, 1.82) is 0 Å². The van der Waals surface area contributed by atoms with Crippen molar-refractivity contribution in [2.45, 2.75) is 25.9 Å². The van der Waals surface area contributed by atoms with E-state index in [2.05, 4.69) is 4.74 Å². The maximum atomic E-state index is 10.9. The van der Waals surface area contributed by atoms with Crippen LogP contribution in [0, 0.1) is 5.92 Å². The molecule has 0 atom stereocenters. The van der Waals surface area contributed by atoms with Crippen LogP contribution in [0.25, 0.3) is 0 Å². The van der Waals surface area contributed by atoms with E-state index >= 15 is 0 Å². The predicted octanol–water partition coefficient (Wildman–Crippen LogP) is 0.501. The molecule has 68 valence electrons. The molecule has 1 rings (SSSR count). The Morgan fingerprint density at radius 3 is 2.33 bits per heavy atom. The van der Waals surface area contributed by atoms with E-state index in [-0.39, 0.29) is 24.0 Å². The fourth-order valence-electron chi connectivity index (χ4n) is 1.26.